The average Bonchev–Trinajstić information content (AvgIpc) is 3.44. The number of halogens is 1. The van der Waals surface area contributed by atoms with E-state index < -0.39 is 27.3 Å². The molecule has 1 heterocycles. The van der Waals surface area contributed by atoms with Gasteiger partial charge in [0.2, 0.25) is 0 Å². The second-order valence-corrected chi connectivity index (χ2v) is 8.86. The van der Waals surface area contributed by atoms with Crippen molar-refractivity contribution in [1.29, 1.82) is 0 Å². The van der Waals surface area contributed by atoms with Crippen LogP contribution in [0.1, 0.15) is 24.7 Å². The Morgan fingerprint density at radius 3 is 2.56 bits per heavy atom. The van der Waals surface area contributed by atoms with E-state index >= 15 is 0 Å². The molecule has 0 spiro atoms. The maximum atomic E-state index is 13.8. The molecule has 2 N–H and O–H groups in total. The van der Waals surface area contributed by atoms with E-state index in [4.69, 9.17) is 5.73 Å². The van der Waals surface area contributed by atoms with Crippen molar-refractivity contribution in [3.05, 3.63) is 64.5 Å². The first-order chi connectivity index (χ1) is 12.8. The fourth-order valence-corrected chi connectivity index (χ4v) is 4.17. The van der Waals surface area contributed by atoms with E-state index in [1.54, 1.807) is 18.2 Å². The lowest BCUT2D eigenvalue weighted by atomic mass is 10.1. The predicted octanol–water partition coefficient (Wildman–Crippen LogP) is 2.34. The average molecular weight is 387 g/mol. The molecule has 0 amide bonds. The lowest BCUT2D eigenvalue weighted by Crippen LogP contribution is -2.30. The molecule has 1 aliphatic carbocycles. The minimum Gasteiger partial charge on any atom is -0.321 e. The molecule has 6 nitrogen and oxygen atoms in total. The normalized spacial score (nSPS) is 15.8. The molecular formula is C19H18FN3O3S. The molecule has 1 unspecified atom stereocenters. The van der Waals surface area contributed by atoms with Crippen molar-refractivity contribution in [2.24, 2.45) is 11.7 Å². The van der Waals surface area contributed by atoms with Crippen molar-refractivity contribution in [2.45, 2.75) is 23.8 Å². The van der Waals surface area contributed by atoms with Gasteiger partial charge in [-0.1, -0.05) is 12.1 Å². The third kappa shape index (κ3) is 3.15. The molecule has 140 valence electrons. The molecule has 4 rings (SSSR count). The lowest BCUT2D eigenvalue weighted by Gasteiger charge is -2.19. The van der Waals surface area contributed by atoms with Crippen LogP contribution in [-0.2, 0) is 9.84 Å². The largest absolute Gasteiger partial charge is 0.321 e. The Bertz CT molecular complexity index is 1220. The zero-order valence-corrected chi connectivity index (χ0v) is 15.4. The predicted molar refractivity (Wildman–Crippen MR) is 100 cm³/mol. The number of hydrogen-bond acceptors (Lipinski definition) is 5. The quantitative estimate of drug-likeness (QED) is 0.741. The van der Waals surface area contributed by atoms with Gasteiger partial charge in [0.1, 0.15) is 11.6 Å². The molecule has 27 heavy (non-hydrogen) atoms. The number of sulfone groups is 1. The first-order valence-electron chi connectivity index (χ1n) is 8.54. The summed E-state index contributed by atoms with van der Waals surface area (Å²) in [6, 6.07) is 9.55. The SMILES string of the molecule is CS(=O)(=O)c1cccc2nc(C(N)C3CC3)n(-c3cccc(F)c3)c(=O)c12. The van der Waals surface area contributed by atoms with Crippen molar-refractivity contribution in [3.63, 3.8) is 0 Å². The highest BCUT2D eigenvalue weighted by molar-refractivity contribution is 7.91. The summed E-state index contributed by atoms with van der Waals surface area (Å²) in [5.41, 5.74) is 6.29. The molecule has 0 radical (unpaired) electrons. The van der Waals surface area contributed by atoms with Crippen LogP contribution < -0.4 is 11.3 Å². The Labute approximate surface area is 155 Å². The van der Waals surface area contributed by atoms with E-state index in [-0.39, 0.29) is 27.4 Å². The Balaban J connectivity index is 2.13. The molecule has 1 aliphatic rings. The molecule has 0 saturated heterocycles. The molecule has 0 bridgehead atoms. The maximum absolute atomic E-state index is 13.8. The Morgan fingerprint density at radius 1 is 1.22 bits per heavy atom. The summed E-state index contributed by atoms with van der Waals surface area (Å²) in [6.07, 6.45) is 2.90. The molecule has 3 aromatic rings. The molecule has 1 aromatic heterocycles. The molecule has 8 heteroatoms. The zero-order chi connectivity index (χ0) is 19.3. The molecule has 2 aromatic carbocycles. The molecule has 1 saturated carbocycles. The monoisotopic (exact) mass is 387 g/mol. The number of rotatable bonds is 4. The van der Waals surface area contributed by atoms with Crippen molar-refractivity contribution >= 4 is 20.7 Å². The van der Waals surface area contributed by atoms with Crippen molar-refractivity contribution in [1.82, 2.24) is 9.55 Å². The molecular weight excluding hydrogens is 369 g/mol. The molecule has 1 atom stereocenters. The zero-order valence-electron chi connectivity index (χ0n) is 14.6. The highest BCUT2D eigenvalue weighted by atomic mass is 32.2. The number of aromatic nitrogens is 2. The third-order valence-electron chi connectivity index (χ3n) is 4.78. The number of nitrogens with zero attached hydrogens (tertiary/aromatic N) is 2. The van der Waals surface area contributed by atoms with Gasteiger partial charge >= 0.3 is 0 Å². The topological polar surface area (TPSA) is 95.0 Å². The second kappa shape index (κ2) is 6.24. The Kier molecular flexibility index (Phi) is 4.12. The lowest BCUT2D eigenvalue weighted by molar-refractivity contribution is 0.571. The van der Waals surface area contributed by atoms with Crippen LogP contribution in [0.5, 0.6) is 0 Å². The number of nitrogens with two attached hydrogens (primary N) is 1. The van der Waals surface area contributed by atoms with E-state index in [0.717, 1.165) is 19.1 Å². The van der Waals surface area contributed by atoms with Crippen LogP contribution in [0.4, 0.5) is 4.39 Å². The van der Waals surface area contributed by atoms with Crippen LogP contribution in [0.15, 0.2) is 52.2 Å². The van der Waals surface area contributed by atoms with E-state index in [1.807, 2.05) is 0 Å². The van der Waals surface area contributed by atoms with Crippen LogP contribution in [0, 0.1) is 11.7 Å². The van der Waals surface area contributed by atoms with Crippen LogP contribution in [0.3, 0.4) is 0 Å². The fraction of sp³-hybridized carbons (Fsp3) is 0.263. The van der Waals surface area contributed by atoms with Gasteiger partial charge in [-0.3, -0.25) is 9.36 Å². The summed E-state index contributed by atoms with van der Waals surface area (Å²) < 4.78 is 39.4. The van der Waals surface area contributed by atoms with Crippen LogP contribution in [0.25, 0.3) is 16.6 Å². The first kappa shape index (κ1) is 17.8. The summed E-state index contributed by atoms with van der Waals surface area (Å²) in [6.45, 7) is 0. The second-order valence-electron chi connectivity index (χ2n) is 6.88. The Morgan fingerprint density at radius 2 is 1.93 bits per heavy atom. The van der Waals surface area contributed by atoms with Crippen molar-refractivity contribution in [2.75, 3.05) is 6.26 Å². The van der Waals surface area contributed by atoms with E-state index in [0.29, 0.717) is 5.82 Å². The van der Waals surface area contributed by atoms with Gasteiger partial charge in [0.05, 0.1) is 27.5 Å². The maximum Gasteiger partial charge on any atom is 0.267 e. The highest BCUT2D eigenvalue weighted by Crippen LogP contribution is 2.39. The fourth-order valence-electron chi connectivity index (χ4n) is 3.28. The smallest absolute Gasteiger partial charge is 0.267 e. The standard InChI is InChI=1S/C19H18FN3O3S/c1-27(25,26)15-7-3-6-14-16(15)19(24)23(13-5-2-4-12(20)10-13)18(22-14)17(21)11-8-9-11/h2-7,10-11,17H,8-9,21H2,1H3. The van der Waals surface area contributed by atoms with Crippen molar-refractivity contribution in [3.8, 4) is 5.69 Å². The van der Waals surface area contributed by atoms with Gasteiger partial charge in [0.15, 0.2) is 9.84 Å². The first-order valence-corrected chi connectivity index (χ1v) is 10.4. The summed E-state index contributed by atoms with van der Waals surface area (Å²) in [4.78, 5) is 17.8. The summed E-state index contributed by atoms with van der Waals surface area (Å²) in [5.74, 6) is 0.000314. The van der Waals surface area contributed by atoms with Gasteiger partial charge in [-0.05, 0) is 49.1 Å². The Hall–Kier alpha value is -2.58. The van der Waals surface area contributed by atoms with Gasteiger partial charge < -0.3 is 5.73 Å². The van der Waals surface area contributed by atoms with Gasteiger partial charge in [0.25, 0.3) is 5.56 Å². The van der Waals surface area contributed by atoms with E-state index in [1.165, 1.54) is 28.8 Å². The van der Waals surface area contributed by atoms with Crippen LogP contribution >= 0.6 is 0 Å². The van der Waals surface area contributed by atoms with E-state index in [2.05, 4.69) is 4.98 Å². The molecule has 0 aliphatic heterocycles. The summed E-state index contributed by atoms with van der Waals surface area (Å²) in [7, 11) is -3.65. The minimum absolute atomic E-state index is 0.0176. The molecule has 1 fully saturated rings. The summed E-state index contributed by atoms with van der Waals surface area (Å²) in [5, 5.41) is -0.0176. The number of fused-ring (bicyclic) bond motifs is 1. The minimum atomic E-state index is -3.65. The van der Waals surface area contributed by atoms with Gasteiger partial charge in [-0.15, -0.1) is 0 Å². The van der Waals surface area contributed by atoms with Gasteiger partial charge in [0, 0.05) is 6.26 Å². The van der Waals surface area contributed by atoms with Crippen molar-refractivity contribution < 1.29 is 12.8 Å². The summed E-state index contributed by atoms with van der Waals surface area (Å²) >= 11 is 0. The highest BCUT2D eigenvalue weighted by Gasteiger charge is 2.33. The van der Waals surface area contributed by atoms with Crippen LogP contribution in [-0.4, -0.2) is 24.2 Å². The van der Waals surface area contributed by atoms with E-state index in [9.17, 15) is 17.6 Å². The number of hydrogen-bond donors (Lipinski definition) is 1. The third-order valence-corrected chi connectivity index (χ3v) is 5.92. The van der Waals surface area contributed by atoms with Gasteiger partial charge in [-0.25, -0.2) is 17.8 Å². The number of benzene rings is 2. The van der Waals surface area contributed by atoms with Gasteiger partial charge in [-0.2, -0.15) is 0 Å². The van der Waals surface area contributed by atoms with Crippen LogP contribution in [0.2, 0.25) is 0 Å².